The first-order valence-electron chi connectivity index (χ1n) is 5.40. The highest BCUT2D eigenvalue weighted by Gasteiger charge is 2.13. The Morgan fingerprint density at radius 1 is 1.25 bits per heavy atom. The lowest BCUT2D eigenvalue weighted by atomic mass is 9.87. The summed E-state index contributed by atoms with van der Waals surface area (Å²) in [6, 6.07) is 0. The molecule has 2 atom stereocenters. The van der Waals surface area contributed by atoms with Gasteiger partial charge in [0.2, 0.25) is 0 Å². The van der Waals surface area contributed by atoms with Gasteiger partial charge in [-0.15, -0.1) is 0 Å². The molecule has 0 saturated heterocycles. The molecule has 1 heteroatoms. The van der Waals surface area contributed by atoms with Gasteiger partial charge >= 0.3 is 0 Å². The van der Waals surface area contributed by atoms with Crippen LogP contribution in [0, 0.1) is 11.8 Å². The second kappa shape index (κ2) is 7.60. The van der Waals surface area contributed by atoms with E-state index in [0.717, 1.165) is 11.8 Å². The van der Waals surface area contributed by atoms with Crippen LogP contribution in [0.1, 0.15) is 46.5 Å². The molecule has 0 bridgehead atoms. The van der Waals surface area contributed by atoms with Crippen molar-refractivity contribution in [3.63, 3.8) is 0 Å². The highest BCUT2D eigenvalue weighted by molar-refractivity contribution is 4.67. The van der Waals surface area contributed by atoms with Crippen molar-refractivity contribution in [2.45, 2.75) is 46.5 Å². The molecule has 0 radical (unpaired) electrons. The zero-order valence-electron chi connectivity index (χ0n) is 9.19. The highest BCUT2D eigenvalue weighted by Crippen LogP contribution is 2.20. The lowest BCUT2D eigenvalue weighted by Gasteiger charge is -2.22. The van der Waals surface area contributed by atoms with Gasteiger partial charge < -0.3 is 5.32 Å². The Balaban J connectivity index is 3.68. The molecule has 0 rings (SSSR count). The molecule has 0 aromatic heterocycles. The van der Waals surface area contributed by atoms with Crippen molar-refractivity contribution in [1.29, 1.82) is 0 Å². The molecule has 0 aliphatic rings. The molecule has 1 N–H and O–H groups in total. The van der Waals surface area contributed by atoms with Gasteiger partial charge in [-0.05, 0) is 31.8 Å². The zero-order valence-corrected chi connectivity index (χ0v) is 9.19. The minimum absolute atomic E-state index is 0.879. The first-order chi connectivity index (χ1) is 5.76. The van der Waals surface area contributed by atoms with E-state index in [2.05, 4.69) is 33.1 Å². The molecule has 2 unspecified atom stereocenters. The summed E-state index contributed by atoms with van der Waals surface area (Å²) in [4.78, 5) is 0. The summed E-state index contributed by atoms with van der Waals surface area (Å²) >= 11 is 0. The molecule has 0 saturated carbocycles. The number of hydrogen-bond donors (Lipinski definition) is 1. The third kappa shape index (κ3) is 4.76. The Hall–Kier alpha value is -0.0400. The van der Waals surface area contributed by atoms with Crippen molar-refractivity contribution in [1.82, 2.24) is 5.32 Å². The fourth-order valence-electron chi connectivity index (χ4n) is 1.65. The summed E-state index contributed by atoms with van der Waals surface area (Å²) in [7, 11) is 2.06. The van der Waals surface area contributed by atoms with E-state index in [4.69, 9.17) is 0 Å². The summed E-state index contributed by atoms with van der Waals surface area (Å²) in [6.45, 7) is 8.12. The Morgan fingerprint density at radius 3 is 2.33 bits per heavy atom. The van der Waals surface area contributed by atoms with Crippen LogP contribution in [0.2, 0.25) is 0 Å². The predicted octanol–water partition coefficient (Wildman–Crippen LogP) is 3.06. The molecule has 0 spiro atoms. The van der Waals surface area contributed by atoms with E-state index < -0.39 is 0 Å². The van der Waals surface area contributed by atoms with Crippen LogP contribution < -0.4 is 5.32 Å². The lowest BCUT2D eigenvalue weighted by molar-refractivity contribution is 0.312. The monoisotopic (exact) mass is 171 g/mol. The molecular weight excluding hydrogens is 146 g/mol. The van der Waals surface area contributed by atoms with Gasteiger partial charge in [-0.25, -0.2) is 0 Å². The molecular formula is C11H25N. The lowest BCUT2D eigenvalue weighted by Crippen LogP contribution is -2.24. The van der Waals surface area contributed by atoms with E-state index in [1.54, 1.807) is 0 Å². The van der Waals surface area contributed by atoms with E-state index in [0.29, 0.717) is 0 Å². The summed E-state index contributed by atoms with van der Waals surface area (Å²) in [6.07, 6.45) is 5.43. The topological polar surface area (TPSA) is 12.0 Å². The zero-order chi connectivity index (χ0) is 9.40. The van der Waals surface area contributed by atoms with Gasteiger partial charge in [-0.1, -0.05) is 40.0 Å². The van der Waals surface area contributed by atoms with Crippen molar-refractivity contribution in [3.8, 4) is 0 Å². The Kier molecular flexibility index (Phi) is 7.58. The van der Waals surface area contributed by atoms with Gasteiger partial charge in [0.25, 0.3) is 0 Å². The van der Waals surface area contributed by atoms with Crippen LogP contribution in [0.3, 0.4) is 0 Å². The van der Waals surface area contributed by atoms with Crippen LogP contribution in [0.25, 0.3) is 0 Å². The maximum atomic E-state index is 3.29. The van der Waals surface area contributed by atoms with Crippen LogP contribution in [0.4, 0.5) is 0 Å². The van der Waals surface area contributed by atoms with Gasteiger partial charge in [-0.2, -0.15) is 0 Å². The first-order valence-corrected chi connectivity index (χ1v) is 5.40. The van der Waals surface area contributed by atoms with Gasteiger partial charge in [0.1, 0.15) is 0 Å². The minimum Gasteiger partial charge on any atom is -0.319 e. The van der Waals surface area contributed by atoms with Crippen molar-refractivity contribution in [2.24, 2.45) is 11.8 Å². The quantitative estimate of drug-likeness (QED) is 0.621. The molecule has 0 fully saturated rings. The normalized spacial score (nSPS) is 16.0. The van der Waals surface area contributed by atoms with Crippen molar-refractivity contribution >= 4 is 0 Å². The Labute approximate surface area is 77.9 Å². The third-order valence-electron chi connectivity index (χ3n) is 2.84. The fourth-order valence-corrected chi connectivity index (χ4v) is 1.65. The van der Waals surface area contributed by atoms with Crippen LogP contribution in [0.5, 0.6) is 0 Å². The summed E-state index contributed by atoms with van der Waals surface area (Å²) in [5.74, 6) is 1.77. The van der Waals surface area contributed by atoms with E-state index in [-0.39, 0.29) is 0 Å². The highest BCUT2D eigenvalue weighted by atomic mass is 14.8. The van der Waals surface area contributed by atoms with Crippen molar-refractivity contribution < 1.29 is 0 Å². The second-order valence-corrected chi connectivity index (χ2v) is 3.85. The standard InChI is InChI=1S/C11H25N/c1-5-7-8-11(9-12-4)10(3)6-2/h10-12H,5-9H2,1-4H3. The molecule has 0 amide bonds. The summed E-state index contributed by atoms with van der Waals surface area (Å²) in [5.41, 5.74) is 0. The minimum atomic E-state index is 0.879. The molecule has 12 heavy (non-hydrogen) atoms. The number of hydrogen-bond acceptors (Lipinski definition) is 1. The van der Waals surface area contributed by atoms with Crippen LogP contribution >= 0.6 is 0 Å². The van der Waals surface area contributed by atoms with Crippen LogP contribution in [-0.2, 0) is 0 Å². The van der Waals surface area contributed by atoms with Crippen LogP contribution in [0.15, 0.2) is 0 Å². The molecule has 74 valence electrons. The van der Waals surface area contributed by atoms with Gasteiger partial charge in [0.15, 0.2) is 0 Å². The van der Waals surface area contributed by atoms with E-state index in [9.17, 15) is 0 Å². The Bertz CT molecular complexity index is 91.0. The SMILES string of the molecule is CCCCC(CNC)C(C)CC. The predicted molar refractivity (Wildman–Crippen MR) is 56.4 cm³/mol. The first kappa shape index (κ1) is 12.0. The van der Waals surface area contributed by atoms with Crippen molar-refractivity contribution in [2.75, 3.05) is 13.6 Å². The van der Waals surface area contributed by atoms with Crippen molar-refractivity contribution in [3.05, 3.63) is 0 Å². The van der Waals surface area contributed by atoms with Gasteiger partial charge in [-0.3, -0.25) is 0 Å². The van der Waals surface area contributed by atoms with E-state index in [1.165, 1.54) is 32.2 Å². The summed E-state index contributed by atoms with van der Waals surface area (Å²) < 4.78 is 0. The molecule has 0 aromatic carbocycles. The maximum Gasteiger partial charge on any atom is -0.00210 e. The van der Waals surface area contributed by atoms with Crippen LogP contribution in [-0.4, -0.2) is 13.6 Å². The fraction of sp³-hybridized carbons (Fsp3) is 1.00. The third-order valence-corrected chi connectivity index (χ3v) is 2.84. The molecule has 0 aliphatic heterocycles. The van der Waals surface area contributed by atoms with Gasteiger partial charge in [0.05, 0.1) is 0 Å². The maximum absolute atomic E-state index is 3.29. The second-order valence-electron chi connectivity index (χ2n) is 3.85. The molecule has 1 nitrogen and oxygen atoms in total. The van der Waals surface area contributed by atoms with E-state index >= 15 is 0 Å². The average Bonchev–Trinajstić information content (AvgIpc) is 2.11. The number of rotatable bonds is 7. The smallest absolute Gasteiger partial charge is 0.00210 e. The Morgan fingerprint density at radius 2 is 1.92 bits per heavy atom. The molecule has 0 aromatic rings. The summed E-state index contributed by atoms with van der Waals surface area (Å²) in [5, 5.41) is 3.29. The van der Waals surface area contributed by atoms with E-state index in [1.807, 2.05) is 0 Å². The largest absolute Gasteiger partial charge is 0.319 e. The van der Waals surface area contributed by atoms with Gasteiger partial charge in [0, 0.05) is 0 Å². The number of unbranched alkanes of at least 4 members (excludes halogenated alkanes) is 1. The average molecular weight is 171 g/mol. The number of nitrogens with one attached hydrogen (secondary N) is 1. The molecule has 0 heterocycles. The molecule has 0 aliphatic carbocycles.